The smallest absolute Gasteiger partial charge is 0.230 e. The van der Waals surface area contributed by atoms with Crippen LogP contribution in [0.5, 0.6) is 5.75 Å². The van der Waals surface area contributed by atoms with Crippen LogP contribution in [0.3, 0.4) is 0 Å². The molecule has 0 saturated heterocycles. The fourth-order valence-corrected chi connectivity index (χ4v) is 3.81. The molecule has 0 spiro atoms. The summed E-state index contributed by atoms with van der Waals surface area (Å²) >= 11 is 3.48. The molecule has 0 unspecified atom stereocenters. The van der Waals surface area contributed by atoms with Gasteiger partial charge >= 0.3 is 0 Å². The molecule has 0 aliphatic carbocycles. The number of methoxy groups -OCH3 is 1. The zero-order valence-corrected chi connectivity index (χ0v) is 16.4. The molecule has 3 nitrogen and oxygen atoms in total. The summed E-state index contributed by atoms with van der Waals surface area (Å²) in [4.78, 5) is 11.8. The van der Waals surface area contributed by atoms with Crippen molar-refractivity contribution in [2.45, 2.75) is 18.4 Å². The number of amides is 1. The second-order valence-corrected chi connectivity index (χ2v) is 7.82. The Morgan fingerprint density at radius 3 is 2.20 bits per heavy atom. The highest BCUT2D eigenvalue weighted by atomic mass is 32.2. The lowest BCUT2D eigenvalue weighted by molar-refractivity contribution is -0.118. The average molecular weight is 376 g/mol. The fourth-order valence-electron chi connectivity index (χ4n) is 2.17. The summed E-state index contributed by atoms with van der Waals surface area (Å²) in [5.41, 5.74) is 3.82. The lowest BCUT2D eigenvalue weighted by atomic mass is 10.2. The summed E-state index contributed by atoms with van der Waals surface area (Å²) < 4.78 is 5.14. The molecule has 25 heavy (non-hydrogen) atoms. The highest BCUT2D eigenvalue weighted by molar-refractivity contribution is 7.99. The number of nitrogens with one attached hydrogen (secondary N) is 1. The Bertz CT molecular complexity index is 642. The molecular formula is C20H25NO2S2. The van der Waals surface area contributed by atoms with E-state index in [1.165, 1.54) is 16.7 Å². The number of ether oxygens (including phenoxy) is 1. The summed E-state index contributed by atoms with van der Waals surface area (Å²) in [7, 11) is 1.66. The van der Waals surface area contributed by atoms with Crippen LogP contribution < -0.4 is 10.1 Å². The van der Waals surface area contributed by atoms with Crippen molar-refractivity contribution in [1.82, 2.24) is 5.32 Å². The van der Waals surface area contributed by atoms with E-state index in [0.717, 1.165) is 29.6 Å². The van der Waals surface area contributed by atoms with Gasteiger partial charge in [-0.25, -0.2) is 0 Å². The number of hydrogen-bond donors (Lipinski definition) is 1. The molecule has 2 aromatic carbocycles. The fraction of sp³-hybridized carbons (Fsp3) is 0.350. The maximum Gasteiger partial charge on any atom is 0.230 e. The van der Waals surface area contributed by atoms with Crippen molar-refractivity contribution in [3.63, 3.8) is 0 Å². The molecule has 2 rings (SSSR count). The van der Waals surface area contributed by atoms with Gasteiger partial charge in [0.1, 0.15) is 5.75 Å². The van der Waals surface area contributed by atoms with Crippen LogP contribution in [-0.4, -0.2) is 31.1 Å². The molecule has 0 fully saturated rings. The number of benzene rings is 2. The highest BCUT2D eigenvalue weighted by Gasteiger charge is 2.02. The zero-order chi connectivity index (χ0) is 17.9. The summed E-state index contributed by atoms with van der Waals surface area (Å²) in [6, 6.07) is 16.6. The van der Waals surface area contributed by atoms with Gasteiger partial charge in [-0.3, -0.25) is 4.79 Å². The minimum Gasteiger partial charge on any atom is -0.497 e. The topological polar surface area (TPSA) is 38.3 Å². The second kappa shape index (κ2) is 11.1. The summed E-state index contributed by atoms with van der Waals surface area (Å²) in [6.07, 6.45) is 0. The highest BCUT2D eigenvalue weighted by Crippen LogP contribution is 2.16. The molecule has 0 heterocycles. The summed E-state index contributed by atoms with van der Waals surface area (Å²) in [6.45, 7) is 2.82. The van der Waals surface area contributed by atoms with Gasteiger partial charge in [-0.05, 0) is 30.2 Å². The molecular weight excluding hydrogens is 350 g/mol. The number of aryl methyl sites for hydroxylation is 1. The quantitative estimate of drug-likeness (QED) is 0.629. The number of carbonyl (C=O) groups is 1. The Balaban J connectivity index is 1.52. The SMILES string of the molecule is COc1ccc(CSCC(=O)NCCSCc2ccc(C)cc2)cc1. The molecule has 1 N–H and O–H groups in total. The van der Waals surface area contributed by atoms with Gasteiger partial charge in [0.05, 0.1) is 12.9 Å². The van der Waals surface area contributed by atoms with Gasteiger partial charge in [-0.2, -0.15) is 11.8 Å². The van der Waals surface area contributed by atoms with Gasteiger partial charge in [0.15, 0.2) is 0 Å². The Kier molecular flexibility index (Phi) is 8.77. The maximum atomic E-state index is 11.8. The summed E-state index contributed by atoms with van der Waals surface area (Å²) in [5.74, 6) is 4.21. The van der Waals surface area contributed by atoms with Crippen LogP contribution in [0.15, 0.2) is 48.5 Å². The monoisotopic (exact) mass is 375 g/mol. The van der Waals surface area contributed by atoms with Gasteiger partial charge in [-0.1, -0.05) is 42.0 Å². The Labute approximate surface area is 158 Å². The predicted octanol–water partition coefficient (Wildman–Crippen LogP) is 4.29. The Morgan fingerprint density at radius 1 is 0.960 bits per heavy atom. The first kappa shape index (κ1) is 19.7. The predicted molar refractivity (Wildman–Crippen MR) is 110 cm³/mol. The maximum absolute atomic E-state index is 11.8. The van der Waals surface area contributed by atoms with Crippen molar-refractivity contribution < 1.29 is 9.53 Å². The third-order valence-corrected chi connectivity index (χ3v) is 5.65. The molecule has 0 bridgehead atoms. The minimum atomic E-state index is 0.106. The van der Waals surface area contributed by atoms with E-state index in [1.54, 1.807) is 18.9 Å². The molecule has 0 aromatic heterocycles. The molecule has 0 radical (unpaired) electrons. The molecule has 134 valence electrons. The van der Waals surface area contributed by atoms with E-state index in [2.05, 4.69) is 36.5 Å². The van der Waals surface area contributed by atoms with E-state index in [0.29, 0.717) is 5.75 Å². The first-order valence-electron chi connectivity index (χ1n) is 8.28. The Hall–Kier alpha value is -1.59. The van der Waals surface area contributed by atoms with E-state index < -0.39 is 0 Å². The molecule has 5 heteroatoms. The van der Waals surface area contributed by atoms with E-state index in [9.17, 15) is 4.79 Å². The first-order valence-corrected chi connectivity index (χ1v) is 10.6. The van der Waals surface area contributed by atoms with Crippen LogP contribution in [0, 0.1) is 6.92 Å². The average Bonchev–Trinajstić information content (AvgIpc) is 2.63. The van der Waals surface area contributed by atoms with Gasteiger partial charge in [0.2, 0.25) is 5.91 Å². The van der Waals surface area contributed by atoms with Gasteiger partial charge in [0.25, 0.3) is 0 Å². The number of hydrogen-bond acceptors (Lipinski definition) is 4. The molecule has 2 aromatic rings. The van der Waals surface area contributed by atoms with Crippen LogP contribution in [0.1, 0.15) is 16.7 Å². The first-order chi connectivity index (χ1) is 12.2. The normalized spacial score (nSPS) is 10.5. The van der Waals surface area contributed by atoms with Gasteiger partial charge in [-0.15, -0.1) is 11.8 Å². The zero-order valence-electron chi connectivity index (χ0n) is 14.8. The van der Waals surface area contributed by atoms with E-state index in [-0.39, 0.29) is 5.91 Å². The van der Waals surface area contributed by atoms with Crippen LogP contribution in [0.2, 0.25) is 0 Å². The van der Waals surface area contributed by atoms with Crippen LogP contribution in [0.25, 0.3) is 0 Å². The molecule has 0 aliphatic heterocycles. The molecule has 1 amide bonds. The van der Waals surface area contributed by atoms with Crippen molar-refractivity contribution in [1.29, 1.82) is 0 Å². The van der Waals surface area contributed by atoms with Crippen molar-refractivity contribution in [3.05, 3.63) is 65.2 Å². The van der Waals surface area contributed by atoms with Gasteiger partial charge in [0, 0.05) is 23.8 Å². The standard InChI is InChI=1S/C20H25NO2S2/c1-16-3-5-17(6-4-16)13-24-12-11-21-20(22)15-25-14-18-7-9-19(23-2)10-8-18/h3-10H,11-15H2,1-2H3,(H,21,22). The third-order valence-electron chi connectivity index (χ3n) is 3.62. The molecule has 0 aliphatic rings. The minimum absolute atomic E-state index is 0.106. The van der Waals surface area contributed by atoms with E-state index >= 15 is 0 Å². The van der Waals surface area contributed by atoms with E-state index in [1.807, 2.05) is 36.0 Å². The van der Waals surface area contributed by atoms with Crippen molar-refractivity contribution in [2.75, 3.05) is 25.2 Å². The molecule has 0 saturated carbocycles. The van der Waals surface area contributed by atoms with Crippen molar-refractivity contribution >= 4 is 29.4 Å². The molecule has 0 atom stereocenters. The Morgan fingerprint density at radius 2 is 1.56 bits per heavy atom. The lowest BCUT2D eigenvalue weighted by Crippen LogP contribution is -2.27. The van der Waals surface area contributed by atoms with Crippen molar-refractivity contribution in [3.8, 4) is 5.75 Å². The van der Waals surface area contributed by atoms with Crippen LogP contribution in [0.4, 0.5) is 0 Å². The summed E-state index contributed by atoms with van der Waals surface area (Å²) in [5, 5.41) is 2.98. The van der Waals surface area contributed by atoms with Gasteiger partial charge < -0.3 is 10.1 Å². The second-order valence-electron chi connectivity index (χ2n) is 5.73. The number of rotatable bonds is 10. The number of thioether (sulfide) groups is 2. The van der Waals surface area contributed by atoms with Crippen LogP contribution >= 0.6 is 23.5 Å². The van der Waals surface area contributed by atoms with E-state index in [4.69, 9.17) is 4.74 Å². The third kappa shape index (κ3) is 7.88. The van der Waals surface area contributed by atoms with Crippen molar-refractivity contribution in [2.24, 2.45) is 0 Å². The van der Waals surface area contributed by atoms with Crippen LogP contribution in [-0.2, 0) is 16.3 Å². The number of carbonyl (C=O) groups excluding carboxylic acids is 1. The largest absolute Gasteiger partial charge is 0.497 e. The lowest BCUT2D eigenvalue weighted by Gasteiger charge is -2.06.